The first kappa shape index (κ1) is 17.8. The number of carbonyl (C=O) groups is 2. The first-order chi connectivity index (χ1) is 12.2. The largest absolute Gasteiger partial charge is 0.462 e. The van der Waals surface area contributed by atoms with Gasteiger partial charge in [0.2, 0.25) is 0 Å². The van der Waals surface area contributed by atoms with Gasteiger partial charge in [0.25, 0.3) is 0 Å². The van der Waals surface area contributed by atoms with E-state index in [9.17, 15) is 9.59 Å². The summed E-state index contributed by atoms with van der Waals surface area (Å²) in [6.45, 7) is 0. The van der Waals surface area contributed by atoms with Crippen molar-refractivity contribution in [2.24, 2.45) is 0 Å². The summed E-state index contributed by atoms with van der Waals surface area (Å²) >= 11 is 0. The molecule has 3 nitrogen and oxygen atoms in total. The first-order valence-electron chi connectivity index (χ1n) is 8.81. The van der Waals surface area contributed by atoms with E-state index in [-0.39, 0.29) is 24.3 Å². The van der Waals surface area contributed by atoms with Crippen molar-refractivity contribution in [1.29, 1.82) is 0 Å². The van der Waals surface area contributed by atoms with E-state index >= 15 is 0 Å². The van der Waals surface area contributed by atoms with Crippen LogP contribution in [0.4, 0.5) is 0 Å². The fourth-order valence-corrected chi connectivity index (χ4v) is 5.37. The van der Waals surface area contributed by atoms with Crippen molar-refractivity contribution in [3.63, 3.8) is 0 Å². The maximum atomic E-state index is 12.5. The molecule has 3 rings (SSSR count). The molecule has 0 radical (unpaired) electrons. The van der Waals surface area contributed by atoms with Gasteiger partial charge in [0.1, 0.15) is 18.3 Å². The molecule has 1 fully saturated rings. The highest BCUT2D eigenvalue weighted by Gasteiger charge is 2.23. The number of ether oxygens (including phenoxy) is 1. The van der Waals surface area contributed by atoms with Gasteiger partial charge in [-0.15, -0.1) is 0 Å². The van der Waals surface area contributed by atoms with E-state index in [1.165, 1.54) is 0 Å². The molecular formula is C21H23O3P. The Labute approximate surface area is 150 Å². The number of hydrogen-bond acceptors (Lipinski definition) is 3. The second-order valence-corrected chi connectivity index (χ2v) is 8.57. The molecule has 4 heteroatoms. The molecule has 0 bridgehead atoms. The lowest BCUT2D eigenvalue weighted by molar-refractivity contribution is -0.150. The Hall–Kier alpha value is -1.99. The van der Waals surface area contributed by atoms with Crippen molar-refractivity contribution in [3.8, 4) is 0 Å². The van der Waals surface area contributed by atoms with E-state index in [4.69, 9.17) is 4.74 Å². The van der Waals surface area contributed by atoms with E-state index in [1.807, 2.05) is 36.4 Å². The van der Waals surface area contributed by atoms with Crippen molar-refractivity contribution in [3.05, 3.63) is 60.7 Å². The third kappa shape index (κ3) is 5.24. The summed E-state index contributed by atoms with van der Waals surface area (Å²) in [5.41, 5.74) is 0. The van der Waals surface area contributed by atoms with Crippen LogP contribution in [0.25, 0.3) is 0 Å². The van der Waals surface area contributed by atoms with Gasteiger partial charge in [0.05, 0.1) is 0 Å². The van der Waals surface area contributed by atoms with E-state index in [0.29, 0.717) is 6.16 Å². The molecule has 2 aromatic carbocycles. The third-order valence-corrected chi connectivity index (χ3v) is 6.92. The number of ketones is 1. The van der Waals surface area contributed by atoms with E-state index in [1.54, 1.807) is 0 Å². The Morgan fingerprint density at radius 1 is 0.880 bits per heavy atom. The van der Waals surface area contributed by atoms with Crippen molar-refractivity contribution in [1.82, 2.24) is 0 Å². The Morgan fingerprint density at radius 3 is 1.92 bits per heavy atom. The number of hydrogen-bond donors (Lipinski definition) is 0. The Morgan fingerprint density at radius 2 is 1.40 bits per heavy atom. The van der Waals surface area contributed by atoms with Crippen LogP contribution in [0.3, 0.4) is 0 Å². The predicted molar refractivity (Wildman–Crippen MR) is 102 cm³/mol. The molecule has 0 atom stereocenters. The number of esters is 1. The SMILES string of the molecule is O=C(CC(=O)OC1CCCC1)CP(c1ccccc1)c1ccccc1. The van der Waals surface area contributed by atoms with Gasteiger partial charge in [0, 0.05) is 6.16 Å². The zero-order valence-electron chi connectivity index (χ0n) is 14.3. The summed E-state index contributed by atoms with van der Waals surface area (Å²) < 4.78 is 5.42. The van der Waals surface area contributed by atoms with Crippen molar-refractivity contribution in [2.45, 2.75) is 38.2 Å². The normalized spacial score (nSPS) is 14.6. The fourth-order valence-electron chi connectivity index (χ4n) is 3.17. The van der Waals surface area contributed by atoms with Gasteiger partial charge < -0.3 is 4.74 Å². The summed E-state index contributed by atoms with van der Waals surface area (Å²) in [4.78, 5) is 24.5. The molecule has 0 amide bonds. The van der Waals surface area contributed by atoms with Crippen LogP contribution < -0.4 is 10.6 Å². The Bertz CT molecular complexity index is 654. The van der Waals surface area contributed by atoms with Crippen molar-refractivity contribution in [2.75, 3.05) is 6.16 Å². The molecule has 0 heterocycles. The maximum Gasteiger partial charge on any atom is 0.313 e. The Balaban J connectivity index is 1.65. The number of carbonyl (C=O) groups excluding carboxylic acids is 2. The van der Waals surface area contributed by atoms with Crippen LogP contribution in [0, 0.1) is 0 Å². The molecule has 1 aliphatic rings. The molecule has 1 saturated carbocycles. The van der Waals surface area contributed by atoms with Crippen molar-refractivity contribution < 1.29 is 14.3 Å². The zero-order chi connectivity index (χ0) is 17.5. The average Bonchev–Trinajstić information content (AvgIpc) is 3.14. The van der Waals surface area contributed by atoms with Crippen LogP contribution in [0.2, 0.25) is 0 Å². The van der Waals surface area contributed by atoms with E-state index in [0.717, 1.165) is 36.3 Å². The first-order valence-corrected chi connectivity index (χ1v) is 10.3. The minimum Gasteiger partial charge on any atom is -0.462 e. The van der Waals surface area contributed by atoms with Crippen LogP contribution in [0.1, 0.15) is 32.1 Å². The average molecular weight is 354 g/mol. The van der Waals surface area contributed by atoms with Gasteiger partial charge in [-0.05, 0) is 44.2 Å². The minimum atomic E-state index is -0.793. The number of benzene rings is 2. The molecule has 0 spiro atoms. The molecule has 1 aliphatic carbocycles. The lowest BCUT2D eigenvalue weighted by Crippen LogP contribution is -2.22. The monoisotopic (exact) mass is 354 g/mol. The van der Waals surface area contributed by atoms with Gasteiger partial charge in [-0.25, -0.2) is 0 Å². The summed E-state index contributed by atoms with van der Waals surface area (Å²) in [5, 5.41) is 2.31. The van der Waals surface area contributed by atoms with Gasteiger partial charge in [-0.1, -0.05) is 60.7 Å². The second-order valence-electron chi connectivity index (χ2n) is 6.37. The quantitative estimate of drug-likeness (QED) is 0.434. The van der Waals surface area contributed by atoms with E-state index < -0.39 is 7.92 Å². The summed E-state index contributed by atoms with van der Waals surface area (Å²) in [7, 11) is -0.793. The van der Waals surface area contributed by atoms with Gasteiger partial charge in [-0.2, -0.15) is 0 Å². The third-order valence-electron chi connectivity index (χ3n) is 4.41. The topological polar surface area (TPSA) is 43.4 Å². The highest BCUT2D eigenvalue weighted by molar-refractivity contribution is 7.73. The summed E-state index contributed by atoms with van der Waals surface area (Å²) in [6, 6.07) is 20.2. The lowest BCUT2D eigenvalue weighted by atomic mass is 10.3. The highest BCUT2D eigenvalue weighted by Crippen LogP contribution is 2.33. The molecule has 0 N–H and O–H groups in total. The molecule has 0 aromatic heterocycles. The fraction of sp³-hybridized carbons (Fsp3) is 0.333. The van der Waals surface area contributed by atoms with Crippen molar-refractivity contribution >= 4 is 30.3 Å². The predicted octanol–water partition coefficient (Wildman–Crippen LogP) is 3.56. The zero-order valence-corrected chi connectivity index (χ0v) is 15.2. The second kappa shape index (κ2) is 8.92. The van der Waals surface area contributed by atoms with Crippen LogP contribution in [-0.4, -0.2) is 24.0 Å². The lowest BCUT2D eigenvalue weighted by Gasteiger charge is -2.18. The van der Waals surface area contributed by atoms with E-state index in [2.05, 4.69) is 24.3 Å². The summed E-state index contributed by atoms with van der Waals surface area (Å²) in [5.74, 6) is -0.408. The molecule has 2 aromatic rings. The molecule has 0 saturated heterocycles. The standard InChI is InChI=1S/C21H23O3P/c22-17(15-21(23)24-18-9-7-8-10-18)16-25(19-11-3-1-4-12-19)20-13-5-2-6-14-20/h1-6,11-14,18H,7-10,15-16H2. The minimum absolute atomic E-state index is 0.0186. The van der Waals surface area contributed by atoms with Gasteiger partial charge >= 0.3 is 5.97 Å². The maximum absolute atomic E-state index is 12.5. The number of rotatable bonds is 7. The van der Waals surface area contributed by atoms with Crippen LogP contribution in [-0.2, 0) is 14.3 Å². The van der Waals surface area contributed by atoms with Crippen LogP contribution in [0.15, 0.2) is 60.7 Å². The molecule has 25 heavy (non-hydrogen) atoms. The van der Waals surface area contributed by atoms with Crippen LogP contribution in [0.5, 0.6) is 0 Å². The summed E-state index contributed by atoms with van der Waals surface area (Å²) in [6.07, 6.45) is 4.36. The smallest absolute Gasteiger partial charge is 0.313 e. The molecule has 130 valence electrons. The molecule has 0 aliphatic heterocycles. The highest BCUT2D eigenvalue weighted by atomic mass is 31.1. The Kier molecular flexibility index (Phi) is 6.36. The number of Topliss-reactive ketones (excluding diaryl/α,β-unsaturated/α-hetero) is 1. The van der Waals surface area contributed by atoms with Gasteiger partial charge in [-0.3, -0.25) is 9.59 Å². The van der Waals surface area contributed by atoms with Crippen LogP contribution >= 0.6 is 7.92 Å². The molecule has 0 unspecified atom stereocenters. The van der Waals surface area contributed by atoms with Gasteiger partial charge in [0.15, 0.2) is 0 Å². The molecular weight excluding hydrogens is 331 g/mol.